The largest absolute Gasteiger partial charge is 0.383 e. The Hall–Kier alpha value is -1.12. The molecule has 3 heteroatoms. The van der Waals surface area contributed by atoms with Crippen LogP contribution >= 0.6 is 0 Å². The van der Waals surface area contributed by atoms with E-state index < -0.39 is 6.43 Å². The number of alkyl halides is 2. The second kappa shape index (κ2) is 5.83. The van der Waals surface area contributed by atoms with Crippen molar-refractivity contribution in [2.45, 2.75) is 39.7 Å². The molecule has 0 aliphatic heterocycles. The second-order valence-electron chi connectivity index (χ2n) is 4.60. The van der Waals surface area contributed by atoms with Gasteiger partial charge in [0.25, 0.3) is 6.43 Å². The molecule has 0 aliphatic carbocycles. The first kappa shape index (κ1) is 12.9. The predicted octanol–water partition coefficient (Wildman–Crippen LogP) is 4.47. The summed E-state index contributed by atoms with van der Waals surface area (Å²) in [6.45, 7) is 6.36. The van der Waals surface area contributed by atoms with Gasteiger partial charge in [0.2, 0.25) is 0 Å². The van der Waals surface area contributed by atoms with Crippen LogP contribution in [0.5, 0.6) is 0 Å². The number of hydrogen-bond acceptors (Lipinski definition) is 1. The average Bonchev–Trinajstić information content (AvgIpc) is 2.16. The van der Waals surface area contributed by atoms with Gasteiger partial charge in [0, 0.05) is 17.3 Å². The quantitative estimate of drug-likeness (QED) is 0.782. The van der Waals surface area contributed by atoms with Gasteiger partial charge in [-0.25, -0.2) is 8.78 Å². The van der Waals surface area contributed by atoms with E-state index in [-0.39, 0.29) is 5.56 Å². The molecular formula is C13H19F2N. The molecule has 1 unspecified atom stereocenters. The summed E-state index contributed by atoms with van der Waals surface area (Å²) < 4.78 is 24.9. The van der Waals surface area contributed by atoms with Crippen LogP contribution in [0.25, 0.3) is 0 Å². The van der Waals surface area contributed by atoms with Crippen molar-refractivity contribution in [1.29, 1.82) is 0 Å². The Morgan fingerprint density at radius 2 is 1.88 bits per heavy atom. The minimum atomic E-state index is -2.40. The molecule has 0 aromatic heterocycles. The number of anilines is 1. The molecule has 1 atom stereocenters. The molecule has 0 amide bonds. The summed E-state index contributed by atoms with van der Waals surface area (Å²) >= 11 is 0. The van der Waals surface area contributed by atoms with Gasteiger partial charge in [-0.15, -0.1) is 0 Å². The van der Waals surface area contributed by atoms with Gasteiger partial charge in [0.05, 0.1) is 0 Å². The van der Waals surface area contributed by atoms with E-state index in [1.54, 1.807) is 6.07 Å². The lowest BCUT2D eigenvalue weighted by Crippen LogP contribution is -2.17. The van der Waals surface area contributed by atoms with E-state index in [4.69, 9.17) is 0 Å². The number of halogens is 2. The van der Waals surface area contributed by atoms with Gasteiger partial charge in [0.1, 0.15) is 0 Å². The Bertz CT molecular complexity index is 323. The fourth-order valence-corrected chi connectivity index (χ4v) is 1.81. The lowest BCUT2D eigenvalue weighted by Gasteiger charge is -2.17. The summed E-state index contributed by atoms with van der Waals surface area (Å²) in [6, 6.07) is 6.74. The average molecular weight is 227 g/mol. The second-order valence-corrected chi connectivity index (χ2v) is 4.60. The highest BCUT2D eigenvalue weighted by Crippen LogP contribution is 2.22. The molecule has 0 bridgehead atoms. The van der Waals surface area contributed by atoms with E-state index >= 15 is 0 Å². The van der Waals surface area contributed by atoms with E-state index in [9.17, 15) is 8.78 Å². The van der Waals surface area contributed by atoms with Crippen molar-refractivity contribution < 1.29 is 8.78 Å². The van der Waals surface area contributed by atoms with Gasteiger partial charge in [-0.3, -0.25) is 0 Å². The highest BCUT2D eigenvalue weighted by Gasteiger charge is 2.09. The zero-order valence-corrected chi connectivity index (χ0v) is 10.0. The van der Waals surface area contributed by atoms with Crippen LogP contribution in [0.15, 0.2) is 24.3 Å². The molecule has 1 aromatic rings. The first-order valence-corrected chi connectivity index (χ1v) is 5.63. The first-order valence-electron chi connectivity index (χ1n) is 5.63. The van der Waals surface area contributed by atoms with Gasteiger partial charge in [0.15, 0.2) is 0 Å². The van der Waals surface area contributed by atoms with Crippen LogP contribution in [0.4, 0.5) is 14.5 Å². The number of hydrogen-bond donors (Lipinski definition) is 1. The fourth-order valence-electron chi connectivity index (χ4n) is 1.81. The molecule has 0 saturated heterocycles. The Morgan fingerprint density at radius 3 is 2.44 bits per heavy atom. The molecule has 1 nitrogen and oxygen atoms in total. The zero-order chi connectivity index (χ0) is 12.1. The normalized spacial score (nSPS) is 13.2. The monoisotopic (exact) mass is 227 g/mol. The van der Waals surface area contributed by atoms with Crippen LogP contribution in [0.2, 0.25) is 0 Å². The van der Waals surface area contributed by atoms with Crippen LogP contribution in [-0.4, -0.2) is 6.04 Å². The van der Waals surface area contributed by atoms with E-state index in [1.807, 2.05) is 6.07 Å². The molecule has 90 valence electrons. The third-order valence-corrected chi connectivity index (χ3v) is 2.38. The smallest absolute Gasteiger partial charge is 0.263 e. The Labute approximate surface area is 95.9 Å². The maximum atomic E-state index is 12.5. The topological polar surface area (TPSA) is 12.0 Å². The number of rotatable bonds is 5. The summed E-state index contributed by atoms with van der Waals surface area (Å²) in [4.78, 5) is 0. The van der Waals surface area contributed by atoms with Gasteiger partial charge >= 0.3 is 0 Å². The van der Waals surface area contributed by atoms with E-state index in [1.165, 1.54) is 12.1 Å². The van der Waals surface area contributed by atoms with Crippen molar-refractivity contribution in [2.75, 3.05) is 5.32 Å². The Balaban J connectivity index is 2.63. The van der Waals surface area contributed by atoms with Crippen LogP contribution in [-0.2, 0) is 0 Å². The molecule has 0 heterocycles. The molecule has 1 rings (SSSR count). The van der Waals surface area contributed by atoms with Crippen molar-refractivity contribution in [3.8, 4) is 0 Å². The first-order chi connectivity index (χ1) is 7.49. The highest BCUT2D eigenvalue weighted by atomic mass is 19.3. The Morgan fingerprint density at radius 1 is 1.19 bits per heavy atom. The summed E-state index contributed by atoms with van der Waals surface area (Å²) in [5.74, 6) is 0.598. The predicted molar refractivity (Wildman–Crippen MR) is 63.9 cm³/mol. The molecular weight excluding hydrogens is 208 g/mol. The van der Waals surface area contributed by atoms with Crippen molar-refractivity contribution in [2.24, 2.45) is 5.92 Å². The SMILES string of the molecule is CC(C)CC(C)Nc1cccc(C(F)F)c1. The molecule has 16 heavy (non-hydrogen) atoms. The van der Waals surface area contributed by atoms with Crippen molar-refractivity contribution in [3.63, 3.8) is 0 Å². The van der Waals surface area contributed by atoms with E-state index in [0.717, 1.165) is 12.1 Å². The number of nitrogens with one attached hydrogen (secondary N) is 1. The standard InChI is InChI=1S/C13H19F2N/c1-9(2)7-10(3)16-12-6-4-5-11(8-12)13(14)15/h4-6,8-10,13,16H,7H2,1-3H3. The van der Waals surface area contributed by atoms with Crippen LogP contribution in [0.3, 0.4) is 0 Å². The van der Waals surface area contributed by atoms with Gasteiger partial charge in [-0.2, -0.15) is 0 Å². The molecule has 1 N–H and O–H groups in total. The van der Waals surface area contributed by atoms with Gasteiger partial charge < -0.3 is 5.32 Å². The maximum Gasteiger partial charge on any atom is 0.263 e. The fraction of sp³-hybridized carbons (Fsp3) is 0.538. The van der Waals surface area contributed by atoms with Gasteiger partial charge in [-0.1, -0.05) is 26.0 Å². The maximum absolute atomic E-state index is 12.5. The third-order valence-electron chi connectivity index (χ3n) is 2.38. The van der Waals surface area contributed by atoms with Crippen LogP contribution < -0.4 is 5.32 Å². The molecule has 1 aromatic carbocycles. The minimum Gasteiger partial charge on any atom is -0.383 e. The molecule has 0 fully saturated rings. The Kier molecular flexibility index (Phi) is 4.71. The van der Waals surface area contributed by atoms with Crippen molar-refractivity contribution >= 4 is 5.69 Å². The van der Waals surface area contributed by atoms with Crippen LogP contribution in [0.1, 0.15) is 39.2 Å². The highest BCUT2D eigenvalue weighted by molar-refractivity contribution is 5.46. The van der Waals surface area contributed by atoms with Gasteiger partial charge in [-0.05, 0) is 31.4 Å². The molecule has 0 aliphatic rings. The third kappa shape index (κ3) is 4.17. The summed E-state index contributed by atoms with van der Waals surface area (Å²) in [5.41, 5.74) is 0.840. The summed E-state index contributed by atoms with van der Waals surface area (Å²) in [5, 5.41) is 3.24. The minimum absolute atomic E-state index is 0.0711. The lowest BCUT2D eigenvalue weighted by atomic mass is 10.0. The van der Waals surface area contributed by atoms with E-state index in [0.29, 0.717) is 12.0 Å². The summed E-state index contributed by atoms with van der Waals surface area (Å²) in [7, 11) is 0. The van der Waals surface area contributed by atoms with Crippen molar-refractivity contribution in [3.05, 3.63) is 29.8 Å². The number of benzene rings is 1. The van der Waals surface area contributed by atoms with E-state index in [2.05, 4.69) is 26.1 Å². The summed E-state index contributed by atoms with van der Waals surface area (Å²) in [6.07, 6.45) is -1.37. The zero-order valence-electron chi connectivity index (χ0n) is 10.0. The van der Waals surface area contributed by atoms with Crippen molar-refractivity contribution in [1.82, 2.24) is 0 Å². The van der Waals surface area contributed by atoms with Crippen LogP contribution in [0, 0.1) is 5.92 Å². The molecule has 0 radical (unpaired) electrons. The lowest BCUT2D eigenvalue weighted by molar-refractivity contribution is 0.151. The molecule has 0 spiro atoms. The molecule has 0 saturated carbocycles.